The molecule has 4 aromatic rings. The summed E-state index contributed by atoms with van der Waals surface area (Å²) < 4.78 is 1.51. The number of hydrogen-bond donors (Lipinski definition) is 3. The fourth-order valence-corrected chi connectivity index (χ4v) is 6.83. The molecule has 12 nitrogen and oxygen atoms in total. The SMILES string of the molecule is C1CC1.CNc1cc(N2CCc3c(N4CCN(c5ccc(Cl)c(C6CCC(=O)NC6=O)c5)CC4)cccc32)nn2c(C(N)=O)cnc12. The molecule has 1 unspecified atom stereocenters. The standard InChI is InChI=1S/C31H32ClN9O3.C3H6/c1-34-23-16-27(37-41-26(29(33)43)17-35-30(23)41)40-10-9-20-24(3-2-4-25(20)40)39-13-11-38(12-14-39)18-5-7-22(32)21(15-18)19-6-8-28(42)36-31(19)44;1-2-3-1/h2-5,7,15-17,19,34H,6,8-14H2,1H3,(H2,33,43)(H,36,42,44);1-3H2. The first-order chi connectivity index (χ1) is 22.8. The summed E-state index contributed by atoms with van der Waals surface area (Å²) in [4.78, 5) is 47.4. The monoisotopic (exact) mass is 655 g/mol. The van der Waals surface area contributed by atoms with Gasteiger partial charge in [-0.1, -0.05) is 36.9 Å². The Labute approximate surface area is 277 Å². The normalized spacial score (nSPS) is 18.9. The number of imide groups is 1. The van der Waals surface area contributed by atoms with E-state index in [1.807, 2.05) is 31.3 Å². The third-order valence-corrected chi connectivity index (χ3v) is 9.53. The molecule has 47 heavy (non-hydrogen) atoms. The van der Waals surface area contributed by atoms with E-state index >= 15 is 0 Å². The Hall–Kier alpha value is -4.84. The number of nitrogens with one attached hydrogen (secondary N) is 2. The maximum atomic E-state index is 12.5. The Kier molecular flexibility index (Phi) is 8.35. The van der Waals surface area contributed by atoms with Crippen LogP contribution < -0.4 is 31.1 Å². The first-order valence-electron chi connectivity index (χ1n) is 16.2. The average Bonchev–Trinajstić information content (AvgIpc) is 3.80. The molecule has 2 saturated heterocycles. The van der Waals surface area contributed by atoms with Crippen LogP contribution in [-0.2, 0) is 16.0 Å². The zero-order valence-corrected chi connectivity index (χ0v) is 27.1. The van der Waals surface area contributed by atoms with Gasteiger partial charge in [0, 0.05) is 79.9 Å². The number of benzene rings is 2. The molecule has 1 atom stereocenters. The predicted molar refractivity (Wildman–Crippen MR) is 183 cm³/mol. The van der Waals surface area contributed by atoms with Crippen molar-refractivity contribution < 1.29 is 14.4 Å². The molecule has 4 aliphatic rings. The van der Waals surface area contributed by atoms with Gasteiger partial charge in [-0.05, 0) is 48.7 Å². The number of nitrogens with two attached hydrogens (primary N) is 1. The zero-order valence-electron chi connectivity index (χ0n) is 26.3. The lowest BCUT2D eigenvalue weighted by molar-refractivity contribution is -0.134. The lowest BCUT2D eigenvalue weighted by atomic mass is 9.90. The van der Waals surface area contributed by atoms with E-state index in [1.165, 1.54) is 41.2 Å². The zero-order chi connectivity index (χ0) is 32.7. The molecule has 0 bridgehead atoms. The Morgan fingerprint density at radius 2 is 1.72 bits per heavy atom. The van der Waals surface area contributed by atoms with E-state index in [2.05, 4.69) is 48.5 Å². The maximum absolute atomic E-state index is 12.5. The van der Waals surface area contributed by atoms with E-state index in [-0.39, 0.29) is 17.5 Å². The molecule has 0 spiro atoms. The quantitative estimate of drug-likeness (QED) is 0.260. The Balaban J connectivity index is 0.00000111. The fraction of sp³-hybridized carbons (Fsp3) is 0.382. The number of carbonyl (C=O) groups excluding carboxylic acids is 3. The van der Waals surface area contributed by atoms with Gasteiger partial charge in [0.05, 0.1) is 17.8 Å². The van der Waals surface area contributed by atoms with Gasteiger partial charge in [-0.3, -0.25) is 19.7 Å². The van der Waals surface area contributed by atoms with Crippen molar-refractivity contribution in [3.05, 3.63) is 70.5 Å². The van der Waals surface area contributed by atoms with Crippen molar-refractivity contribution in [1.29, 1.82) is 0 Å². The average molecular weight is 656 g/mol. The number of aromatic nitrogens is 3. The van der Waals surface area contributed by atoms with Crippen molar-refractivity contribution in [2.24, 2.45) is 5.73 Å². The van der Waals surface area contributed by atoms with Gasteiger partial charge in [0.1, 0.15) is 5.69 Å². The number of piperidine rings is 1. The van der Waals surface area contributed by atoms with Crippen LogP contribution in [0.15, 0.2) is 48.7 Å². The van der Waals surface area contributed by atoms with Crippen molar-refractivity contribution in [2.45, 2.75) is 44.4 Å². The van der Waals surface area contributed by atoms with Crippen LogP contribution >= 0.6 is 11.6 Å². The summed E-state index contributed by atoms with van der Waals surface area (Å²) in [5.74, 6) is -0.823. The van der Waals surface area contributed by atoms with E-state index in [1.54, 1.807) is 0 Å². The highest BCUT2D eigenvalue weighted by molar-refractivity contribution is 6.31. The number of imidazole rings is 1. The van der Waals surface area contributed by atoms with Gasteiger partial charge in [-0.25, -0.2) is 9.50 Å². The summed E-state index contributed by atoms with van der Waals surface area (Å²) in [6.07, 6.45) is 7.59. The Bertz CT molecular complexity index is 1860. The number of anilines is 5. The van der Waals surface area contributed by atoms with Gasteiger partial charge in [0.15, 0.2) is 11.5 Å². The smallest absolute Gasteiger partial charge is 0.269 e. The Morgan fingerprint density at radius 3 is 2.43 bits per heavy atom. The van der Waals surface area contributed by atoms with Crippen molar-refractivity contribution >= 4 is 63.5 Å². The van der Waals surface area contributed by atoms with E-state index in [0.29, 0.717) is 29.3 Å². The molecule has 3 fully saturated rings. The minimum absolute atomic E-state index is 0.231. The number of amides is 3. The minimum Gasteiger partial charge on any atom is -0.385 e. The maximum Gasteiger partial charge on any atom is 0.269 e. The third-order valence-electron chi connectivity index (χ3n) is 9.19. The summed E-state index contributed by atoms with van der Waals surface area (Å²) in [6.45, 7) is 4.03. The molecule has 0 radical (unpaired) electrons. The molecule has 2 aromatic heterocycles. The predicted octanol–water partition coefficient (Wildman–Crippen LogP) is 4.23. The number of piperazine rings is 1. The summed E-state index contributed by atoms with van der Waals surface area (Å²) in [7, 11) is 1.81. The number of halogens is 1. The molecular weight excluding hydrogens is 618 g/mol. The fourth-order valence-electron chi connectivity index (χ4n) is 6.58. The van der Waals surface area contributed by atoms with Gasteiger partial charge >= 0.3 is 0 Å². The Morgan fingerprint density at radius 1 is 0.979 bits per heavy atom. The highest BCUT2D eigenvalue weighted by atomic mass is 35.5. The molecule has 244 valence electrons. The molecule has 4 N–H and O–H groups in total. The number of carbonyl (C=O) groups is 3. The molecule has 5 heterocycles. The van der Waals surface area contributed by atoms with Gasteiger partial charge in [0.2, 0.25) is 11.8 Å². The molecular formula is C34H38ClN9O3. The number of fused-ring (bicyclic) bond motifs is 2. The topological polar surface area (TPSA) is 141 Å². The van der Waals surface area contributed by atoms with E-state index < -0.39 is 11.8 Å². The van der Waals surface area contributed by atoms with Crippen LogP contribution in [0.1, 0.15) is 59.6 Å². The lowest BCUT2D eigenvalue weighted by Gasteiger charge is -2.38. The van der Waals surface area contributed by atoms with E-state index in [4.69, 9.17) is 22.4 Å². The van der Waals surface area contributed by atoms with Crippen molar-refractivity contribution in [1.82, 2.24) is 19.9 Å². The molecule has 13 heteroatoms. The van der Waals surface area contributed by atoms with Gasteiger partial charge < -0.3 is 25.8 Å². The summed E-state index contributed by atoms with van der Waals surface area (Å²) in [5.41, 5.74) is 12.5. The molecule has 2 aromatic carbocycles. The second kappa shape index (κ2) is 12.7. The van der Waals surface area contributed by atoms with Crippen molar-refractivity contribution in [3.8, 4) is 0 Å². The summed E-state index contributed by atoms with van der Waals surface area (Å²) in [6, 6.07) is 14.2. The van der Waals surface area contributed by atoms with Gasteiger partial charge in [-0.2, -0.15) is 0 Å². The molecule has 1 aliphatic carbocycles. The molecule has 3 amide bonds. The van der Waals surface area contributed by atoms with Gasteiger partial charge in [-0.15, -0.1) is 5.10 Å². The summed E-state index contributed by atoms with van der Waals surface area (Å²) in [5, 5.41) is 10.9. The third kappa shape index (κ3) is 6.05. The van der Waals surface area contributed by atoms with Crippen molar-refractivity contribution in [3.63, 3.8) is 0 Å². The molecule has 1 saturated carbocycles. The first kappa shape index (κ1) is 30.8. The van der Waals surface area contributed by atoms with Crippen LogP contribution in [0.5, 0.6) is 0 Å². The molecule has 8 rings (SSSR count). The highest BCUT2D eigenvalue weighted by Crippen LogP contribution is 2.41. The first-order valence-corrected chi connectivity index (χ1v) is 16.6. The molecule has 3 aliphatic heterocycles. The van der Waals surface area contributed by atoms with Gasteiger partial charge in [0.25, 0.3) is 5.91 Å². The highest BCUT2D eigenvalue weighted by Gasteiger charge is 2.31. The van der Waals surface area contributed by atoms with Crippen LogP contribution in [0.2, 0.25) is 5.02 Å². The largest absolute Gasteiger partial charge is 0.385 e. The lowest BCUT2D eigenvalue weighted by Crippen LogP contribution is -2.47. The van der Waals surface area contributed by atoms with Crippen LogP contribution in [-0.4, -0.2) is 72.1 Å². The second-order valence-electron chi connectivity index (χ2n) is 12.3. The van der Waals surface area contributed by atoms with Crippen LogP contribution in [0.4, 0.5) is 28.6 Å². The van der Waals surface area contributed by atoms with Crippen LogP contribution in [0.3, 0.4) is 0 Å². The summed E-state index contributed by atoms with van der Waals surface area (Å²) >= 11 is 6.52. The van der Waals surface area contributed by atoms with Crippen LogP contribution in [0.25, 0.3) is 5.65 Å². The van der Waals surface area contributed by atoms with Crippen molar-refractivity contribution in [2.75, 3.05) is 59.8 Å². The van der Waals surface area contributed by atoms with E-state index in [9.17, 15) is 14.4 Å². The second-order valence-corrected chi connectivity index (χ2v) is 12.7. The number of primary amides is 1. The number of nitrogens with zero attached hydrogens (tertiary/aromatic N) is 6. The van der Waals surface area contributed by atoms with Crippen LogP contribution in [0, 0.1) is 0 Å². The number of hydrogen-bond acceptors (Lipinski definition) is 9. The van der Waals surface area contributed by atoms with E-state index in [0.717, 1.165) is 61.8 Å². The minimum atomic E-state index is -0.585. The number of rotatable bonds is 6.